The molecular weight excluding hydrogens is 240 g/mol. The monoisotopic (exact) mass is 258 g/mol. The maximum Gasteiger partial charge on any atom is 0.234 e. The zero-order valence-electron chi connectivity index (χ0n) is 11.5. The topological polar surface area (TPSA) is 56.0 Å². The van der Waals surface area contributed by atoms with E-state index in [0.29, 0.717) is 18.1 Å². The van der Waals surface area contributed by atoms with Crippen LogP contribution in [0.25, 0.3) is 0 Å². The zero-order chi connectivity index (χ0) is 13.8. The van der Waals surface area contributed by atoms with Gasteiger partial charge in [0.15, 0.2) is 5.82 Å². The minimum atomic E-state index is -0.00699. The molecule has 0 amide bonds. The second-order valence-corrected chi connectivity index (χ2v) is 5.06. The van der Waals surface area contributed by atoms with E-state index in [-0.39, 0.29) is 18.1 Å². The molecule has 1 aromatic carbocycles. The van der Waals surface area contributed by atoms with Crippen LogP contribution in [-0.4, -0.2) is 15.9 Å². The van der Waals surface area contributed by atoms with Crippen LogP contribution in [0.15, 0.2) is 28.8 Å². The zero-order valence-corrected chi connectivity index (χ0v) is 11.5. The summed E-state index contributed by atoms with van der Waals surface area (Å²) < 4.78 is 5.10. The van der Waals surface area contributed by atoms with Gasteiger partial charge in [0.25, 0.3) is 0 Å². The van der Waals surface area contributed by atoms with Gasteiger partial charge in [-0.25, -0.2) is 0 Å². The molecule has 0 unspecified atom stereocenters. The Bertz CT molecular complexity index is 556. The van der Waals surface area contributed by atoms with Crippen molar-refractivity contribution in [2.24, 2.45) is 5.92 Å². The molecule has 100 valence electrons. The van der Waals surface area contributed by atoms with Gasteiger partial charge in [0.1, 0.15) is 5.78 Å². The Labute approximate surface area is 112 Å². The van der Waals surface area contributed by atoms with Crippen LogP contribution in [0.5, 0.6) is 0 Å². The number of rotatable bonds is 5. The molecule has 0 bridgehead atoms. The summed E-state index contributed by atoms with van der Waals surface area (Å²) >= 11 is 0. The average molecular weight is 258 g/mol. The number of aromatic nitrogens is 2. The molecule has 0 N–H and O–H groups in total. The van der Waals surface area contributed by atoms with Crippen molar-refractivity contribution in [1.29, 1.82) is 0 Å². The predicted molar refractivity (Wildman–Crippen MR) is 71.8 cm³/mol. The molecule has 0 saturated heterocycles. The molecule has 0 saturated carbocycles. The Morgan fingerprint density at radius 3 is 2.58 bits per heavy atom. The van der Waals surface area contributed by atoms with Gasteiger partial charge in [0.05, 0.1) is 6.42 Å². The first-order chi connectivity index (χ1) is 9.04. The number of nitrogens with zero attached hydrogens (tertiary/aromatic N) is 2. The van der Waals surface area contributed by atoms with E-state index >= 15 is 0 Å². The molecular formula is C15H18N2O2. The smallest absolute Gasteiger partial charge is 0.234 e. The molecule has 4 heteroatoms. The van der Waals surface area contributed by atoms with Crippen molar-refractivity contribution in [2.45, 2.75) is 33.6 Å². The van der Waals surface area contributed by atoms with E-state index in [0.717, 1.165) is 5.56 Å². The summed E-state index contributed by atoms with van der Waals surface area (Å²) in [6.45, 7) is 5.78. The Morgan fingerprint density at radius 1 is 1.26 bits per heavy atom. The molecule has 0 atom stereocenters. The third-order valence-corrected chi connectivity index (χ3v) is 2.96. The number of benzene rings is 1. The molecule has 0 radical (unpaired) electrons. The van der Waals surface area contributed by atoms with Crippen LogP contribution in [0.1, 0.15) is 36.7 Å². The number of aryl methyl sites for hydroxylation is 1. The highest BCUT2D eigenvalue weighted by Crippen LogP contribution is 2.10. The van der Waals surface area contributed by atoms with Crippen molar-refractivity contribution in [3.8, 4) is 0 Å². The van der Waals surface area contributed by atoms with Crippen LogP contribution in [0.2, 0.25) is 0 Å². The third-order valence-electron chi connectivity index (χ3n) is 2.96. The molecule has 0 spiro atoms. The van der Waals surface area contributed by atoms with Gasteiger partial charge < -0.3 is 4.52 Å². The number of hydrogen-bond donors (Lipinski definition) is 0. The number of Topliss-reactive ketones (excluding diaryl/α,β-unsaturated/α-hetero) is 1. The van der Waals surface area contributed by atoms with Crippen molar-refractivity contribution in [3.63, 3.8) is 0 Å². The number of ketones is 1. The largest absolute Gasteiger partial charge is 0.339 e. The maximum atomic E-state index is 11.6. The quantitative estimate of drug-likeness (QED) is 0.827. The van der Waals surface area contributed by atoms with Crippen molar-refractivity contribution >= 4 is 5.78 Å². The Hall–Kier alpha value is -1.97. The van der Waals surface area contributed by atoms with E-state index in [1.54, 1.807) is 0 Å². The number of carbonyl (C=O) groups excluding carboxylic acids is 1. The van der Waals surface area contributed by atoms with Crippen molar-refractivity contribution in [1.82, 2.24) is 10.1 Å². The van der Waals surface area contributed by atoms with E-state index in [9.17, 15) is 4.79 Å². The number of hydrogen-bond acceptors (Lipinski definition) is 4. The van der Waals surface area contributed by atoms with Gasteiger partial charge in [-0.05, 0) is 12.5 Å². The lowest BCUT2D eigenvalue weighted by molar-refractivity contribution is -0.121. The summed E-state index contributed by atoms with van der Waals surface area (Å²) in [4.78, 5) is 15.8. The van der Waals surface area contributed by atoms with Gasteiger partial charge in [-0.1, -0.05) is 48.8 Å². The molecule has 0 aliphatic heterocycles. The lowest BCUT2D eigenvalue weighted by Crippen LogP contribution is -2.10. The first-order valence-corrected chi connectivity index (χ1v) is 6.44. The Morgan fingerprint density at radius 2 is 1.95 bits per heavy atom. The van der Waals surface area contributed by atoms with Gasteiger partial charge in [0, 0.05) is 12.3 Å². The van der Waals surface area contributed by atoms with Gasteiger partial charge >= 0.3 is 0 Å². The summed E-state index contributed by atoms with van der Waals surface area (Å²) in [5, 5.41) is 3.91. The fraction of sp³-hybridized carbons (Fsp3) is 0.400. The Kier molecular flexibility index (Phi) is 4.10. The third kappa shape index (κ3) is 3.74. The van der Waals surface area contributed by atoms with E-state index in [2.05, 4.69) is 22.3 Å². The van der Waals surface area contributed by atoms with Crippen LogP contribution in [-0.2, 0) is 17.6 Å². The average Bonchev–Trinajstić information content (AvgIpc) is 2.79. The number of carbonyl (C=O) groups is 1. The Balaban J connectivity index is 2.01. The summed E-state index contributed by atoms with van der Waals surface area (Å²) in [5.41, 5.74) is 2.35. The maximum absolute atomic E-state index is 11.6. The molecule has 2 aromatic rings. The van der Waals surface area contributed by atoms with E-state index < -0.39 is 0 Å². The molecule has 1 aromatic heterocycles. The first kappa shape index (κ1) is 13.5. The second kappa shape index (κ2) is 5.78. The highest BCUT2D eigenvalue weighted by molar-refractivity contribution is 5.81. The molecule has 1 heterocycles. The van der Waals surface area contributed by atoms with Crippen LogP contribution in [0.3, 0.4) is 0 Å². The normalized spacial score (nSPS) is 10.9. The van der Waals surface area contributed by atoms with Crippen LogP contribution >= 0.6 is 0 Å². The summed E-state index contributed by atoms with van der Waals surface area (Å²) in [5.74, 6) is 1.13. The minimum absolute atomic E-state index is 0.00699. The van der Waals surface area contributed by atoms with Crippen molar-refractivity contribution in [3.05, 3.63) is 47.1 Å². The minimum Gasteiger partial charge on any atom is -0.339 e. The summed E-state index contributed by atoms with van der Waals surface area (Å²) in [6.07, 6.45) is 0.845. The molecule has 0 fully saturated rings. The molecule has 19 heavy (non-hydrogen) atoms. The summed E-state index contributed by atoms with van der Waals surface area (Å²) in [7, 11) is 0. The lowest BCUT2D eigenvalue weighted by Gasteiger charge is -1.98. The highest BCUT2D eigenvalue weighted by atomic mass is 16.5. The second-order valence-electron chi connectivity index (χ2n) is 5.06. The molecule has 0 aliphatic rings. The van der Waals surface area contributed by atoms with Gasteiger partial charge in [-0.2, -0.15) is 4.98 Å². The summed E-state index contributed by atoms with van der Waals surface area (Å²) in [6, 6.07) is 8.20. The fourth-order valence-electron chi connectivity index (χ4n) is 1.68. The van der Waals surface area contributed by atoms with E-state index in [4.69, 9.17) is 4.52 Å². The first-order valence-electron chi connectivity index (χ1n) is 6.44. The molecule has 4 nitrogen and oxygen atoms in total. The van der Waals surface area contributed by atoms with Crippen molar-refractivity contribution in [2.75, 3.05) is 0 Å². The van der Waals surface area contributed by atoms with Gasteiger partial charge in [-0.3, -0.25) is 4.79 Å². The van der Waals surface area contributed by atoms with E-state index in [1.165, 1.54) is 5.56 Å². The van der Waals surface area contributed by atoms with Crippen LogP contribution in [0.4, 0.5) is 0 Å². The van der Waals surface area contributed by atoms with Crippen LogP contribution in [0, 0.1) is 12.8 Å². The van der Waals surface area contributed by atoms with E-state index in [1.807, 2.05) is 32.9 Å². The molecule has 2 rings (SSSR count). The van der Waals surface area contributed by atoms with Crippen LogP contribution < -0.4 is 0 Å². The SMILES string of the molecule is Cc1ccc(Cc2noc(CC(=O)C(C)C)n2)cc1. The predicted octanol–water partition coefficient (Wildman–Crippen LogP) is 2.74. The highest BCUT2D eigenvalue weighted by Gasteiger charge is 2.14. The van der Waals surface area contributed by atoms with Gasteiger partial charge in [0.2, 0.25) is 5.89 Å². The lowest BCUT2D eigenvalue weighted by atomic mass is 10.1. The fourth-order valence-corrected chi connectivity index (χ4v) is 1.68. The molecule has 0 aliphatic carbocycles. The van der Waals surface area contributed by atoms with Gasteiger partial charge in [-0.15, -0.1) is 0 Å². The van der Waals surface area contributed by atoms with Crippen molar-refractivity contribution < 1.29 is 9.32 Å². The standard InChI is InChI=1S/C15H18N2O2/c1-10(2)13(18)9-15-16-14(17-19-15)8-12-6-4-11(3)5-7-12/h4-7,10H,8-9H2,1-3H3.